The number of amides is 1. The summed E-state index contributed by atoms with van der Waals surface area (Å²) in [6.45, 7) is 0.862. The van der Waals surface area contributed by atoms with E-state index in [1.165, 1.54) is 0 Å². The van der Waals surface area contributed by atoms with Crippen LogP contribution in [0.15, 0.2) is 48.5 Å². The maximum absolute atomic E-state index is 11.7. The van der Waals surface area contributed by atoms with Crippen LogP contribution < -0.4 is 14.8 Å². The van der Waals surface area contributed by atoms with Gasteiger partial charge in [0.25, 0.3) is 0 Å². The highest BCUT2D eigenvalue weighted by atomic mass is 35.5. The van der Waals surface area contributed by atoms with Gasteiger partial charge in [0, 0.05) is 16.6 Å². The summed E-state index contributed by atoms with van der Waals surface area (Å²) in [6, 6.07) is 14.6. The molecule has 0 bridgehead atoms. The van der Waals surface area contributed by atoms with Crippen molar-refractivity contribution in [3.05, 3.63) is 53.6 Å². The van der Waals surface area contributed by atoms with E-state index in [1.807, 2.05) is 36.4 Å². The number of carbonyl (C=O) groups excluding carboxylic acids is 1. The Bertz CT molecular complexity index is 668. The fourth-order valence-corrected chi connectivity index (χ4v) is 2.28. The minimum Gasteiger partial charge on any atom is -0.490 e. The first-order chi connectivity index (χ1) is 11.2. The lowest BCUT2D eigenvalue weighted by molar-refractivity contribution is -0.117. The van der Waals surface area contributed by atoms with Crippen LogP contribution in [0.4, 0.5) is 5.69 Å². The van der Waals surface area contributed by atoms with Crippen molar-refractivity contribution >= 4 is 23.2 Å². The minimum atomic E-state index is 0.105. The monoisotopic (exact) mass is 331 g/mol. The SMILES string of the molecule is O=C(Nc1ccc(OCCOc2cccc(Cl)c2)cc1)C1CC1. The highest BCUT2D eigenvalue weighted by Crippen LogP contribution is 2.30. The molecule has 3 rings (SSSR count). The summed E-state index contributed by atoms with van der Waals surface area (Å²) < 4.78 is 11.2. The summed E-state index contributed by atoms with van der Waals surface area (Å²) in [5.74, 6) is 1.77. The number of rotatable bonds is 7. The topological polar surface area (TPSA) is 47.6 Å². The molecule has 120 valence electrons. The molecule has 4 nitrogen and oxygen atoms in total. The molecule has 2 aromatic carbocycles. The van der Waals surface area contributed by atoms with Gasteiger partial charge in [-0.25, -0.2) is 0 Å². The molecular weight excluding hydrogens is 314 g/mol. The number of halogens is 1. The van der Waals surface area contributed by atoms with E-state index >= 15 is 0 Å². The van der Waals surface area contributed by atoms with Gasteiger partial charge >= 0.3 is 0 Å². The molecule has 0 aromatic heterocycles. The van der Waals surface area contributed by atoms with E-state index in [0.717, 1.165) is 30.0 Å². The van der Waals surface area contributed by atoms with E-state index in [9.17, 15) is 4.79 Å². The zero-order valence-corrected chi connectivity index (χ0v) is 13.4. The van der Waals surface area contributed by atoms with E-state index in [0.29, 0.717) is 18.2 Å². The second-order valence-electron chi connectivity index (χ2n) is 5.44. The van der Waals surface area contributed by atoms with E-state index in [-0.39, 0.29) is 11.8 Å². The number of nitrogens with one attached hydrogen (secondary N) is 1. The molecule has 0 atom stereocenters. The van der Waals surface area contributed by atoms with Gasteiger partial charge in [0.05, 0.1) is 0 Å². The zero-order valence-electron chi connectivity index (χ0n) is 12.6. The number of hydrogen-bond acceptors (Lipinski definition) is 3. The standard InChI is InChI=1S/C18H18ClNO3/c19-14-2-1-3-17(12-14)23-11-10-22-16-8-6-15(7-9-16)20-18(21)13-4-5-13/h1-3,6-9,12-13H,4-5,10-11H2,(H,20,21). The first-order valence-electron chi connectivity index (χ1n) is 7.63. The van der Waals surface area contributed by atoms with Crippen molar-refractivity contribution in [2.45, 2.75) is 12.8 Å². The highest BCUT2D eigenvalue weighted by Gasteiger charge is 2.29. The molecule has 1 saturated carbocycles. The third kappa shape index (κ3) is 4.89. The summed E-state index contributed by atoms with van der Waals surface area (Å²) in [6.07, 6.45) is 2.00. The summed E-state index contributed by atoms with van der Waals surface area (Å²) >= 11 is 5.89. The Balaban J connectivity index is 1.40. The van der Waals surface area contributed by atoms with Crippen LogP contribution in [0.25, 0.3) is 0 Å². The van der Waals surface area contributed by atoms with Gasteiger partial charge in [-0.15, -0.1) is 0 Å². The quantitative estimate of drug-likeness (QED) is 0.775. The van der Waals surface area contributed by atoms with Crippen LogP contribution in [0.2, 0.25) is 5.02 Å². The van der Waals surface area contributed by atoms with E-state index in [4.69, 9.17) is 21.1 Å². The lowest BCUT2D eigenvalue weighted by Crippen LogP contribution is -2.13. The van der Waals surface area contributed by atoms with Crippen LogP contribution in [-0.2, 0) is 4.79 Å². The molecule has 1 aliphatic rings. The average Bonchev–Trinajstić information content (AvgIpc) is 3.38. The van der Waals surface area contributed by atoms with Crippen molar-refractivity contribution in [3.63, 3.8) is 0 Å². The number of anilines is 1. The molecule has 0 aliphatic heterocycles. The number of benzene rings is 2. The lowest BCUT2D eigenvalue weighted by Gasteiger charge is -2.09. The second-order valence-corrected chi connectivity index (χ2v) is 5.88. The van der Waals surface area contributed by atoms with E-state index in [1.54, 1.807) is 12.1 Å². The molecule has 0 radical (unpaired) electrons. The van der Waals surface area contributed by atoms with E-state index < -0.39 is 0 Å². The Morgan fingerprint density at radius 3 is 2.39 bits per heavy atom. The van der Waals surface area contributed by atoms with Crippen LogP contribution >= 0.6 is 11.6 Å². The van der Waals surface area contributed by atoms with Gasteiger partial charge in [0.15, 0.2) is 0 Å². The van der Waals surface area contributed by atoms with Crippen molar-refractivity contribution in [1.29, 1.82) is 0 Å². The molecule has 1 N–H and O–H groups in total. The van der Waals surface area contributed by atoms with Gasteiger partial charge in [-0.3, -0.25) is 4.79 Å². The van der Waals surface area contributed by atoms with Crippen molar-refractivity contribution in [2.24, 2.45) is 5.92 Å². The zero-order chi connectivity index (χ0) is 16.1. The summed E-state index contributed by atoms with van der Waals surface area (Å²) in [5, 5.41) is 3.54. The maximum atomic E-state index is 11.7. The summed E-state index contributed by atoms with van der Waals surface area (Å²) in [7, 11) is 0. The van der Waals surface area contributed by atoms with Crippen molar-refractivity contribution in [3.8, 4) is 11.5 Å². The largest absolute Gasteiger partial charge is 0.490 e. The Morgan fingerprint density at radius 2 is 1.74 bits per heavy atom. The summed E-state index contributed by atoms with van der Waals surface area (Å²) in [5.41, 5.74) is 0.796. The highest BCUT2D eigenvalue weighted by molar-refractivity contribution is 6.30. The van der Waals surface area contributed by atoms with Crippen molar-refractivity contribution in [2.75, 3.05) is 18.5 Å². The van der Waals surface area contributed by atoms with Crippen LogP contribution in [0.5, 0.6) is 11.5 Å². The molecule has 1 amide bonds. The Hall–Kier alpha value is -2.20. The molecule has 2 aromatic rings. The third-order valence-electron chi connectivity index (χ3n) is 3.49. The van der Waals surface area contributed by atoms with Gasteiger partial charge in [-0.1, -0.05) is 17.7 Å². The third-order valence-corrected chi connectivity index (χ3v) is 3.72. The Morgan fingerprint density at radius 1 is 1.04 bits per heavy atom. The Labute approximate surface area is 140 Å². The van der Waals surface area contributed by atoms with E-state index in [2.05, 4.69) is 5.32 Å². The molecule has 5 heteroatoms. The van der Waals surface area contributed by atoms with Crippen LogP contribution in [0.3, 0.4) is 0 Å². The van der Waals surface area contributed by atoms with Crippen LogP contribution in [0.1, 0.15) is 12.8 Å². The molecule has 23 heavy (non-hydrogen) atoms. The predicted octanol–water partition coefficient (Wildman–Crippen LogP) is 4.15. The molecule has 0 spiro atoms. The molecule has 0 unspecified atom stereocenters. The smallest absolute Gasteiger partial charge is 0.227 e. The van der Waals surface area contributed by atoms with Gasteiger partial charge in [-0.05, 0) is 55.3 Å². The maximum Gasteiger partial charge on any atom is 0.227 e. The van der Waals surface area contributed by atoms with Crippen LogP contribution in [0, 0.1) is 5.92 Å². The summed E-state index contributed by atoms with van der Waals surface area (Å²) in [4.78, 5) is 11.7. The molecule has 0 heterocycles. The average molecular weight is 332 g/mol. The van der Waals surface area contributed by atoms with Crippen molar-refractivity contribution in [1.82, 2.24) is 0 Å². The number of carbonyl (C=O) groups is 1. The predicted molar refractivity (Wildman–Crippen MR) is 90.2 cm³/mol. The first kappa shape index (κ1) is 15.7. The lowest BCUT2D eigenvalue weighted by atomic mass is 10.3. The number of hydrogen-bond donors (Lipinski definition) is 1. The van der Waals surface area contributed by atoms with Gasteiger partial charge in [-0.2, -0.15) is 0 Å². The fourth-order valence-electron chi connectivity index (χ4n) is 2.10. The van der Waals surface area contributed by atoms with Gasteiger partial charge < -0.3 is 14.8 Å². The molecule has 1 fully saturated rings. The second kappa shape index (κ2) is 7.38. The van der Waals surface area contributed by atoms with Crippen molar-refractivity contribution < 1.29 is 14.3 Å². The minimum absolute atomic E-state index is 0.105. The first-order valence-corrected chi connectivity index (χ1v) is 8.00. The Kier molecular flexibility index (Phi) is 5.03. The molecule has 0 saturated heterocycles. The van der Waals surface area contributed by atoms with Gasteiger partial charge in [0.2, 0.25) is 5.91 Å². The molecular formula is C18H18ClNO3. The molecule has 1 aliphatic carbocycles. The normalized spacial score (nSPS) is 13.4. The van der Waals surface area contributed by atoms with Gasteiger partial charge in [0.1, 0.15) is 24.7 Å². The van der Waals surface area contributed by atoms with Crippen LogP contribution in [-0.4, -0.2) is 19.1 Å². The number of ether oxygens (including phenoxy) is 2. The fraction of sp³-hybridized carbons (Fsp3) is 0.278.